The first-order valence-corrected chi connectivity index (χ1v) is 4.60. The summed E-state index contributed by atoms with van der Waals surface area (Å²) in [6.07, 6.45) is 2.92. The van der Waals surface area contributed by atoms with Crippen molar-refractivity contribution in [2.45, 2.75) is 46.0 Å². The van der Waals surface area contributed by atoms with Crippen LogP contribution in [0.1, 0.15) is 57.6 Å². The summed E-state index contributed by atoms with van der Waals surface area (Å²) >= 11 is 0. The Morgan fingerprint density at radius 1 is 1.42 bits per heavy atom. The zero-order chi connectivity index (χ0) is 9.14. The average molecular weight is 167 g/mol. The van der Waals surface area contributed by atoms with Gasteiger partial charge in [0.15, 0.2) is 5.89 Å². The molecule has 0 aliphatic carbocycles. The number of oxazole rings is 1. The van der Waals surface area contributed by atoms with Crippen molar-refractivity contribution in [2.75, 3.05) is 0 Å². The molecule has 2 nitrogen and oxygen atoms in total. The van der Waals surface area contributed by atoms with Crippen molar-refractivity contribution < 1.29 is 4.42 Å². The first-order chi connectivity index (χ1) is 5.65. The van der Waals surface area contributed by atoms with Crippen molar-refractivity contribution in [3.05, 3.63) is 17.8 Å². The van der Waals surface area contributed by atoms with E-state index in [9.17, 15) is 0 Å². The zero-order valence-electron chi connectivity index (χ0n) is 8.29. The summed E-state index contributed by atoms with van der Waals surface area (Å²) < 4.78 is 5.59. The lowest BCUT2D eigenvalue weighted by Crippen LogP contribution is -1.90. The molecule has 1 aromatic rings. The molecule has 68 valence electrons. The van der Waals surface area contributed by atoms with Gasteiger partial charge in [-0.15, -0.1) is 0 Å². The van der Waals surface area contributed by atoms with Gasteiger partial charge in [0.1, 0.15) is 5.76 Å². The van der Waals surface area contributed by atoms with Crippen LogP contribution in [0, 0.1) is 0 Å². The molecular weight excluding hydrogens is 150 g/mol. The number of hydrogen-bond acceptors (Lipinski definition) is 2. The van der Waals surface area contributed by atoms with Crippen LogP contribution < -0.4 is 0 Å². The summed E-state index contributed by atoms with van der Waals surface area (Å²) in [6.45, 7) is 8.50. The second kappa shape index (κ2) is 3.74. The first kappa shape index (κ1) is 9.30. The topological polar surface area (TPSA) is 26.0 Å². The number of rotatable bonds is 3. The fraction of sp³-hybridized carbons (Fsp3) is 0.700. The van der Waals surface area contributed by atoms with Crippen LogP contribution in [0.25, 0.3) is 0 Å². The van der Waals surface area contributed by atoms with Gasteiger partial charge in [-0.25, -0.2) is 4.98 Å². The van der Waals surface area contributed by atoms with E-state index in [4.69, 9.17) is 4.42 Å². The molecule has 0 aliphatic rings. The Bertz CT molecular complexity index is 240. The van der Waals surface area contributed by atoms with E-state index in [0.717, 1.165) is 18.1 Å². The third-order valence-corrected chi connectivity index (χ3v) is 2.14. The van der Waals surface area contributed by atoms with Crippen molar-refractivity contribution in [2.24, 2.45) is 0 Å². The van der Waals surface area contributed by atoms with Gasteiger partial charge in [-0.3, -0.25) is 0 Å². The molecule has 0 saturated heterocycles. The van der Waals surface area contributed by atoms with Gasteiger partial charge in [0.25, 0.3) is 0 Å². The Morgan fingerprint density at radius 3 is 2.50 bits per heavy atom. The molecule has 1 unspecified atom stereocenters. The quantitative estimate of drug-likeness (QED) is 0.690. The van der Waals surface area contributed by atoms with Crippen LogP contribution in [-0.4, -0.2) is 4.98 Å². The molecule has 0 saturated carbocycles. The molecule has 0 bridgehead atoms. The second-order valence-electron chi connectivity index (χ2n) is 3.56. The largest absolute Gasteiger partial charge is 0.445 e. The van der Waals surface area contributed by atoms with Crippen LogP contribution in [0.3, 0.4) is 0 Å². The van der Waals surface area contributed by atoms with Crippen molar-refractivity contribution in [1.82, 2.24) is 4.98 Å². The number of nitrogens with zero attached hydrogens (tertiary/aromatic N) is 1. The van der Waals surface area contributed by atoms with E-state index in [2.05, 4.69) is 32.7 Å². The van der Waals surface area contributed by atoms with Crippen LogP contribution in [0.5, 0.6) is 0 Å². The highest BCUT2D eigenvalue weighted by Crippen LogP contribution is 2.21. The molecular formula is C10H17NO. The minimum absolute atomic E-state index is 0.440. The molecule has 0 radical (unpaired) electrons. The Balaban J connectivity index is 2.77. The number of hydrogen-bond donors (Lipinski definition) is 0. The summed E-state index contributed by atoms with van der Waals surface area (Å²) in [5.41, 5.74) is 0. The molecule has 0 fully saturated rings. The highest BCUT2D eigenvalue weighted by Gasteiger charge is 2.11. The van der Waals surface area contributed by atoms with Gasteiger partial charge >= 0.3 is 0 Å². The molecule has 1 aromatic heterocycles. The van der Waals surface area contributed by atoms with E-state index in [1.165, 1.54) is 0 Å². The van der Waals surface area contributed by atoms with Crippen molar-refractivity contribution in [3.8, 4) is 0 Å². The van der Waals surface area contributed by atoms with Crippen LogP contribution in [0.4, 0.5) is 0 Å². The molecule has 2 heteroatoms. The maximum Gasteiger partial charge on any atom is 0.197 e. The lowest BCUT2D eigenvalue weighted by Gasteiger charge is -2.02. The summed E-state index contributed by atoms with van der Waals surface area (Å²) in [4.78, 5) is 4.24. The van der Waals surface area contributed by atoms with Crippen molar-refractivity contribution in [1.29, 1.82) is 0 Å². The van der Waals surface area contributed by atoms with Gasteiger partial charge < -0.3 is 4.42 Å². The van der Waals surface area contributed by atoms with Crippen LogP contribution >= 0.6 is 0 Å². The third-order valence-electron chi connectivity index (χ3n) is 2.14. The van der Waals surface area contributed by atoms with Crippen LogP contribution in [0.2, 0.25) is 0 Å². The molecule has 12 heavy (non-hydrogen) atoms. The lowest BCUT2D eigenvalue weighted by atomic mass is 10.1. The monoisotopic (exact) mass is 167 g/mol. The van der Waals surface area contributed by atoms with Gasteiger partial charge in [0, 0.05) is 11.8 Å². The Kier molecular flexibility index (Phi) is 2.90. The summed E-state index contributed by atoms with van der Waals surface area (Å²) in [5.74, 6) is 2.75. The fourth-order valence-corrected chi connectivity index (χ4v) is 0.970. The van der Waals surface area contributed by atoms with Gasteiger partial charge in [0.05, 0.1) is 6.20 Å². The zero-order valence-corrected chi connectivity index (χ0v) is 8.29. The lowest BCUT2D eigenvalue weighted by molar-refractivity contribution is 0.410. The third kappa shape index (κ3) is 1.87. The van der Waals surface area contributed by atoms with Gasteiger partial charge in [-0.1, -0.05) is 27.7 Å². The maximum atomic E-state index is 5.59. The molecule has 0 aromatic carbocycles. The second-order valence-corrected chi connectivity index (χ2v) is 3.56. The Labute approximate surface area is 74.0 Å². The summed E-state index contributed by atoms with van der Waals surface area (Å²) in [5, 5.41) is 0. The van der Waals surface area contributed by atoms with E-state index in [1.807, 2.05) is 6.20 Å². The number of aromatic nitrogens is 1. The van der Waals surface area contributed by atoms with E-state index in [-0.39, 0.29) is 0 Å². The van der Waals surface area contributed by atoms with Gasteiger partial charge in [0.2, 0.25) is 0 Å². The highest BCUT2D eigenvalue weighted by atomic mass is 16.4. The molecule has 0 spiro atoms. The molecule has 1 rings (SSSR count). The van der Waals surface area contributed by atoms with E-state index in [0.29, 0.717) is 11.8 Å². The standard InChI is InChI=1S/C10H17NO/c1-5-8(4)10-11-6-9(12-10)7(2)3/h6-8H,5H2,1-4H3. The minimum Gasteiger partial charge on any atom is -0.445 e. The van der Waals surface area contributed by atoms with E-state index < -0.39 is 0 Å². The SMILES string of the molecule is CCC(C)c1ncc(C(C)C)o1. The summed E-state index contributed by atoms with van der Waals surface area (Å²) in [7, 11) is 0. The highest BCUT2D eigenvalue weighted by molar-refractivity contribution is 5.01. The van der Waals surface area contributed by atoms with Crippen LogP contribution in [0.15, 0.2) is 10.6 Å². The Hall–Kier alpha value is -0.790. The van der Waals surface area contributed by atoms with Gasteiger partial charge in [-0.05, 0) is 6.42 Å². The minimum atomic E-state index is 0.440. The smallest absolute Gasteiger partial charge is 0.197 e. The predicted octanol–water partition coefficient (Wildman–Crippen LogP) is 3.31. The molecule has 0 amide bonds. The van der Waals surface area contributed by atoms with Crippen molar-refractivity contribution in [3.63, 3.8) is 0 Å². The molecule has 1 atom stereocenters. The van der Waals surface area contributed by atoms with Gasteiger partial charge in [-0.2, -0.15) is 0 Å². The normalized spacial score (nSPS) is 13.8. The average Bonchev–Trinajstić information content (AvgIpc) is 2.51. The maximum absolute atomic E-state index is 5.59. The van der Waals surface area contributed by atoms with Crippen LogP contribution in [-0.2, 0) is 0 Å². The summed E-state index contributed by atoms with van der Waals surface area (Å²) in [6, 6.07) is 0. The molecule has 0 N–H and O–H groups in total. The van der Waals surface area contributed by atoms with E-state index >= 15 is 0 Å². The fourth-order valence-electron chi connectivity index (χ4n) is 0.970. The molecule has 1 heterocycles. The predicted molar refractivity (Wildman–Crippen MR) is 49.3 cm³/mol. The first-order valence-electron chi connectivity index (χ1n) is 4.60. The van der Waals surface area contributed by atoms with Crippen molar-refractivity contribution >= 4 is 0 Å². The van der Waals surface area contributed by atoms with E-state index in [1.54, 1.807) is 0 Å². The molecule has 0 aliphatic heterocycles. The Morgan fingerprint density at radius 2 is 2.08 bits per heavy atom.